The largest absolute Gasteiger partial charge is 0.326 e. The quantitative estimate of drug-likeness (QED) is 0.143. The molecule has 4 N–H and O–H groups in total. The molecular formula is C25H27ClN6O3. The molecule has 2 amide bonds. The molecule has 0 saturated heterocycles. The van der Waals surface area contributed by atoms with Crippen molar-refractivity contribution in [2.24, 2.45) is 0 Å². The predicted molar refractivity (Wildman–Crippen MR) is 134 cm³/mol. The smallest absolute Gasteiger partial charge is 0.243 e. The summed E-state index contributed by atoms with van der Waals surface area (Å²) in [6, 6.07) is 13.6. The molecule has 0 atom stereocenters. The fourth-order valence-electron chi connectivity index (χ4n) is 3.93. The van der Waals surface area contributed by atoms with Gasteiger partial charge < -0.3 is 9.88 Å². The Morgan fingerprint density at radius 3 is 2.66 bits per heavy atom. The summed E-state index contributed by atoms with van der Waals surface area (Å²) < 4.78 is 2.07. The summed E-state index contributed by atoms with van der Waals surface area (Å²) in [6.45, 7) is 2.66. The van der Waals surface area contributed by atoms with Gasteiger partial charge in [0, 0.05) is 29.5 Å². The zero-order valence-corrected chi connectivity index (χ0v) is 20.1. The first kappa shape index (κ1) is 24.4. The van der Waals surface area contributed by atoms with E-state index in [0.717, 1.165) is 38.4 Å². The van der Waals surface area contributed by atoms with Crippen molar-refractivity contribution >= 4 is 40.3 Å². The zero-order valence-electron chi connectivity index (χ0n) is 19.3. The number of nitrogens with zero attached hydrogens (tertiary/aromatic N) is 3. The Hall–Kier alpha value is -3.69. The Morgan fingerprint density at radius 1 is 1.09 bits per heavy atom. The molecule has 0 radical (unpaired) electrons. The molecule has 0 aliphatic heterocycles. The summed E-state index contributed by atoms with van der Waals surface area (Å²) in [7, 11) is 0. The highest BCUT2D eigenvalue weighted by Crippen LogP contribution is 2.27. The maximum atomic E-state index is 12.2. The minimum absolute atomic E-state index is 0.140. The number of hydrogen-bond acceptors (Lipinski definition) is 5. The van der Waals surface area contributed by atoms with E-state index in [4.69, 9.17) is 16.8 Å². The number of hydrogen-bond donors (Lipinski definition) is 4. The van der Waals surface area contributed by atoms with E-state index in [9.17, 15) is 9.59 Å². The molecule has 0 aliphatic carbocycles. The monoisotopic (exact) mass is 494 g/mol. The van der Waals surface area contributed by atoms with Gasteiger partial charge in [-0.25, -0.2) is 10.5 Å². The van der Waals surface area contributed by atoms with Gasteiger partial charge in [0.05, 0.1) is 29.6 Å². The summed E-state index contributed by atoms with van der Waals surface area (Å²) in [5.74, 6) is -0.109. The van der Waals surface area contributed by atoms with Crippen LogP contribution in [0.15, 0.2) is 48.8 Å². The number of anilines is 1. The molecule has 2 aromatic carbocycles. The molecule has 0 bridgehead atoms. The number of H-pyrrole nitrogens is 1. The normalized spacial score (nSPS) is 11.1. The number of aromatic nitrogens is 4. The Morgan fingerprint density at radius 2 is 1.89 bits per heavy atom. The summed E-state index contributed by atoms with van der Waals surface area (Å²) >= 11 is 6.43. The number of aryl methyl sites for hydroxylation is 1. The number of benzene rings is 2. The van der Waals surface area contributed by atoms with Crippen LogP contribution >= 0.6 is 11.6 Å². The van der Waals surface area contributed by atoms with Crippen LogP contribution in [0.4, 0.5) is 5.82 Å². The van der Waals surface area contributed by atoms with Gasteiger partial charge in [-0.05, 0) is 49.1 Å². The third-order valence-electron chi connectivity index (χ3n) is 5.89. The van der Waals surface area contributed by atoms with Crippen molar-refractivity contribution in [3.05, 3.63) is 64.9 Å². The number of unbranched alkanes of at least 4 members (excludes halogenated alkanes) is 2. The van der Waals surface area contributed by atoms with E-state index in [1.807, 2.05) is 49.6 Å². The molecule has 4 rings (SSSR count). The van der Waals surface area contributed by atoms with Gasteiger partial charge in [-0.2, -0.15) is 5.10 Å². The number of aromatic amines is 1. The third kappa shape index (κ3) is 6.06. The second-order valence-electron chi connectivity index (χ2n) is 8.42. The Kier molecular flexibility index (Phi) is 7.79. The number of imidazole rings is 1. The van der Waals surface area contributed by atoms with E-state index in [1.54, 1.807) is 11.5 Å². The lowest BCUT2D eigenvalue weighted by molar-refractivity contribution is -0.129. The summed E-state index contributed by atoms with van der Waals surface area (Å²) in [5.41, 5.74) is 7.33. The molecule has 9 nitrogen and oxygen atoms in total. The first-order chi connectivity index (χ1) is 16.9. The van der Waals surface area contributed by atoms with E-state index < -0.39 is 5.91 Å². The fraction of sp³-hybridized carbons (Fsp3) is 0.280. The maximum Gasteiger partial charge on any atom is 0.243 e. The highest BCUT2D eigenvalue weighted by atomic mass is 35.5. The molecule has 0 saturated carbocycles. The number of rotatable bonds is 10. The fourth-order valence-corrected chi connectivity index (χ4v) is 4.21. The highest BCUT2D eigenvalue weighted by molar-refractivity contribution is 6.31. The lowest BCUT2D eigenvalue weighted by Gasteiger charge is -2.10. The van der Waals surface area contributed by atoms with Crippen LogP contribution in [0.2, 0.25) is 5.02 Å². The van der Waals surface area contributed by atoms with E-state index in [2.05, 4.69) is 25.1 Å². The van der Waals surface area contributed by atoms with Crippen LogP contribution in [0, 0.1) is 6.92 Å². The van der Waals surface area contributed by atoms with Crippen molar-refractivity contribution in [1.29, 1.82) is 0 Å². The van der Waals surface area contributed by atoms with Gasteiger partial charge in [0.1, 0.15) is 0 Å². The maximum absolute atomic E-state index is 12.2. The molecule has 0 spiro atoms. The number of nitrogens with one attached hydrogen (secondary N) is 3. The van der Waals surface area contributed by atoms with E-state index >= 15 is 0 Å². The van der Waals surface area contributed by atoms with Crippen molar-refractivity contribution in [1.82, 2.24) is 25.2 Å². The van der Waals surface area contributed by atoms with Gasteiger partial charge in [0.15, 0.2) is 5.82 Å². The number of halogens is 1. The first-order valence-electron chi connectivity index (χ1n) is 11.4. The molecule has 0 unspecified atom stereocenters. The lowest BCUT2D eigenvalue weighted by Crippen LogP contribution is -2.17. The number of amides is 2. The number of carbonyl (C=O) groups excluding carboxylic acids is 2. The standard InChI is InChI=1S/C25H27ClN6O3/c1-16-6-5-7-19(26)18(16)14-32-15-27-20-11-10-17(12-22(20)32)21-13-23(30-29-21)28-24(33)8-3-2-4-9-25(34)31-35/h5-7,10-13,15,35H,2-4,8-9,14H2,1H3,(H,31,34)(H2,28,29,30,33). The molecule has 4 aromatic rings. The summed E-state index contributed by atoms with van der Waals surface area (Å²) in [5, 5.41) is 19.2. The van der Waals surface area contributed by atoms with Crippen LogP contribution in [-0.4, -0.2) is 36.8 Å². The van der Waals surface area contributed by atoms with Crippen molar-refractivity contribution in [3.63, 3.8) is 0 Å². The van der Waals surface area contributed by atoms with Gasteiger partial charge in [0.25, 0.3) is 0 Å². The average Bonchev–Trinajstić information content (AvgIpc) is 3.47. The molecule has 35 heavy (non-hydrogen) atoms. The Bertz CT molecular complexity index is 1330. The summed E-state index contributed by atoms with van der Waals surface area (Å²) in [6.07, 6.45) is 4.35. The molecule has 182 valence electrons. The molecule has 10 heteroatoms. The zero-order chi connectivity index (χ0) is 24.8. The first-order valence-corrected chi connectivity index (χ1v) is 11.8. The van der Waals surface area contributed by atoms with Crippen LogP contribution < -0.4 is 10.8 Å². The number of fused-ring (bicyclic) bond motifs is 1. The van der Waals surface area contributed by atoms with Crippen molar-refractivity contribution < 1.29 is 14.8 Å². The third-order valence-corrected chi connectivity index (χ3v) is 6.25. The van der Waals surface area contributed by atoms with Gasteiger partial charge in [0.2, 0.25) is 11.8 Å². The molecule has 0 aliphatic rings. The van der Waals surface area contributed by atoms with E-state index in [0.29, 0.717) is 38.0 Å². The van der Waals surface area contributed by atoms with Crippen molar-refractivity contribution in [2.75, 3.05) is 5.32 Å². The predicted octanol–water partition coefficient (Wildman–Crippen LogP) is 4.83. The van der Waals surface area contributed by atoms with Gasteiger partial charge in [-0.3, -0.25) is 19.9 Å². The number of hydroxylamine groups is 1. The topological polar surface area (TPSA) is 125 Å². The van der Waals surface area contributed by atoms with Crippen LogP contribution in [-0.2, 0) is 16.1 Å². The SMILES string of the molecule is Cc1cccc(Cl)c1Cn1cnc2ccc(-c3cc(NC(=O)CCCCCC(=O)NO)n[nH]3)cc21. The Labute approximate surface area is 207 Å². The van der Waals surface area contributed by atoms with E-state index in [1.165, 1.54) is 0 Å². The minimum atomic E-state index is -0.418. The second kappa shape index (κ2) is 11.2. The molecule has 2 heterocycles. The minimum Gasteiger partial charge on any atom is -0.326 e. The molecular weight excluding hydrogens is 468 g/mol. The highest BCUT2D eigenvalue weighted by Gasteiger charge is 2.12. The lowest BCUT2D eigenvalue weighted by atomic mass is 10.1. The average molecular weight is 495 g/mol. The summed E-state index contributed by atoms with van der Waals surface area (Å²) in [4.78, 5) is 27.7. The van der Waals surface area contributed by atoms with Crippen LogP contribution in [0.25, 0.3) is 22.3 Å². The van der Waals surface area contributed by atoms with E-state index in [-0.39, 0.29) is 12.3 Å². The second-order valence-corrected chi connectivity index (χ2v) is 8.83. The molecule has 2 aromatic heterocycles. The van der Waals surface area contributed by atoms with Gasteiger partial charge in [-0.15, -0.1) is 0 Å². The van der Waals surface area contributed by atoms with Gasteiger partial charge in [-0.1, -0.05) is 36.2 Å². The molecule has 0 fully saturated rings. The van der Waals surface area contributed by atoms with Gasteiger partial charge >= 0.3 is 0 Å². The van der Waals surface area contributed by atoms with Crippen LogP contribution in [0.1, 0.15) is 43.2 Å². The Balaban J connectivity index is 1.40. The van der Waals surface area contributed by atoms with Crippen LogP contribution in [0.5, 0.6) is 0 Å². The van der Waals surface area contributed by atoms with Crippen molar-refractivity contribution in [2.45, 2.75) is 45.6 Å². The van der Waals surface area contributed by atoms with Crippen LogP contribution in [0.3, 0.4) is 0 Å². The van der Waals surface area contributed by atoms with Crippen molar-refractivity contribution in [3.8, 4) is 11.3 Å². The number of carbonyl (C=O) groups is 2.